The molecule has 7 heteroatoms. The average molecular weight is 328 g/mol. The number of aliphatic hydroxyl groups excluding tert-OH is 2. The lowest BCUT2D eigenvalue weighted by atomic mass is 10.1. The van der Waals surface area contributed by atoms with Gasteiger partial charge in [0.1, 0.15) is 23.5 Å². The third-order valence-corrected chi connectivity index (χ3v) is 4.41. The van der Waals surface area contributed by atoms with Gasteiger partial charge in [0, 0.05) is 23.2 Å². The third kappa shape index (κ3) is 2.85. The third-order valence-electron chi connectivity index (χ3n) is 3.24. The van der Waals surface area contributed by atoms with Gasteiger partial charge in [-0.1, -0.05) is 0 Å². The molecule has 1 aromatic carbocycles. The minimum Gasteiger partial charge on any atom is -0.477 e. The molecule has 4 atom stereocenters. The minimum atomic E-state index is -2.61. The molecule has 0 saturated carbocycles. The van der Waals surface area contributed by atoms with Crippen LogP contribution in [0.3, 0.4) is 0 Å². The van der Waals surface area contributed by atoms with Crippen LogP contribution in [0, 0.1) is 6.92 Å². The van der Waals surface area contributed by atoms with Crippen molar-refractivity contribution in [2.45, 2.75) is 30.6 Å². The number of aliphatic hydroxyl groups is 3. The molecular formula is C15H16O6S. The lowest BCUT2D eigenvalue weighted by Crippen LogP contribution is -2.50. The summed E-state index contributed by atoms with van der Waals surface area (Å²) in [6.07, 6.45) is -5.75. The summed E-state index contributed by atoms with van der Waals surface area (Å²) in [6, 6.07) is -0.130. The highest BCUT2D eigenvalue weighted by molar-refractivity contribution is 7.99. The van der Waals surface area contributed by atoms with Crippen LogP contribution in [0.1, 0.15) is 11.0 Å². The van der Waals surface area contributed by atoms with Gasteiger partial charge < -0.3 is 24.5 Å². The van der Waals surface area contributed by atoms with Gasteiger partial charge in [0.05, 0.1) is 11.6 Å². The van der Waals surface area contributed by atoms with Gasteiger partial charge in [-0.15, -0.1) is 11.8 Å². The van der Waals surface area contributed by atoms with Crippen LogP contribution in [-0.2, 0) is 0 Å². The second-order valence-corrected chi connectivity index (χ2v) is 5.97. The van der Waals surface area contributed by atoms with Crippen LogP contribution in [0.4, 0.5) is 0 Å². The Labute approximate surface area is 136 Å². The Bertz CT molecular complexity index is 931. The highest BCUT2D eigenvalue weighted by Crippen LogP contribution is 2.30. The monoisotopic (exact) mass is 328 g/mol. The van der Waals surface area contributed by atoms with E-state index in [9.17, 15) is 20.1 Å². The van der Waals surface area contributed by atoms with Gasteiger partial charge in [-0.3, -0.25) is 0 Å². The molecule has 1 saturated heterocycles. The number of ether oxygens (including phenoxy) is 1. The van der Waals surface area contributed by atoms with E-state index in [1.807, 2.05) is 0 Å². The van der Waals surface area contributed by atoms with Crippen molar-refractivity contribution in [3.63, 3.8) is 0 Å². The summed E-state index contributed by atoms with van der Waals surface area (Å²) in [5.41, 5.74) is -2.02. The Morgan fingerprint density at radius 3 is 3.00 bits per heavy atom. The minimum absolute atomic E-state index is 0.0385. The second-order valence-electron chi connectivity index (χ2n) is 4.88. The summed E-state index contributed by atoms with van der Waals surface area (Å²) in [4.78, 5) is 11.6. The lowest BCUT2D eigenvalue weighted by molar-refractivity contribution is -0.0786. The molecule has 1 aliphatic rings. The summed E-state index contributed by atoms with van der Waals surface area (Å²) in [5.74, 6) is -0.494. The smallest absolute Gasteiger partial charge is 0.336 e. The van der Waals surface area contributed by atoms with Crippen molar-refractivity contribution in [3.05, 3.63) is 40.2 Å². The Kier molecular flexibility index (Phi) is 2.98. The van der Waals surface area contributed by atoms with Crippen LogP contribution in [0.25, 0.3) is 11.0 Å². The Morgan fingerprint density at radius 1 is 1.45 bits per heavy atom. The molecule has 2 heterocycles. The highest BCUT2D eigenvalue weighted by atomic mass is 32.2. The topological polar surface area (TPSA) is 100 Å². The van der Waals surface area contributed by atoms with Crippen LogP contribution < -0.4 is 10.4 Å². The molecule has 3 rings (SSSR count). The molecule has 0 amide bonds. The summed E-state index contributed by atoms with van der Waals surface area (Å²) in [7, 11) is 0. The number of hydrogen-bond acceptors (Lipinski definition) is 7. The largest absolute Gasteiger partial charge is 0.477 e. The number of aryl methyl sites for hydroxylation is 1. The van der Waals surface area contributed by atoms with E-state index < -0.39 is 47.2 Å². The summed E-state index contributed by atoms with van der Waals surface area (Å²) in [6.45, 7) is 1.55. The number of hydrogen-bond donors (Lipinski definition) is 3. The van der Waals surface area contributed by atoms with Gasteiger partial charge in [0.2, 0.25) is 0 Å². The number of fused-ring (bicyclic) bond motifs is 1. The molecule has 0 radical (unpaired) electrons. The first-order valence-electron chi connectivity index (χ1n) is 8.46. The first kappa shape index (κ1) is 11.1. The van der Waals surface area contributed by atoms with Crippen LogP contribution in [0.15, 0.2) is 33.4 Å². The van der Waals surface area contributed by atoms with E-state index in [1.54, 1.807) is 6.92 Å². The van der Waals surface area contributed by atoms with E-state index in [0.717, 1.165) is 17.8 Å². The molecule has 2 aromatic rings. The average Bonchev–Trinajstić information content (AvgIpc) is 2.56. The lowest BCUT2D eigenvalue weighted by Gasteiger charge is -2.34. The van der Waals surface area contributed by atoms with Crippen LogP contribution in [-0.4, -0.2) is 44.8 Å². The van der Waals surface area contributed by atoms with E-state index in [4.69, 9.17) is 14.6 Å². The molecule has 118 valence electrons. The van der Waals surface area contributed by atoms with Crippen molar-refractivity contribution in [1.82, 2.24) is 0 Å². The van der Waals surface area contributed by atoms with E-state index in [1.165, 1.54) is 0 Å². The molecule has 22 heavy (non-hydrogen) atoms. The molecule has 0 aliphatic carbocycles. The fourth-order valence-corrected chi connectivity index (χ4v) is 3.09. The van der Waals surface area contributed by atoms with E-state index in [2.05, 4.69) is 0 Å². The van der Waals surface area contributed by atoms with Crippen molar-refractivity contribution < 1.29 is 30.0 Å². The van der Waals surface area contributed by atoms with E-state index in [0.29, 0.717) is 5.56 Å². The Balaban J connectivity index is 2.13. The van der Waals surface area contributed by atoms with Crippen molar-refractivity contribution in [3.8, 4) is 5.75 Å². The zero-order valence-corrected chi connectivity index (χ0v) is 12.3. The summed E-state index contributed by atoms with van der Waals surface area (Å²) in [5, 5.41) is 29.7. The second kappa shape index (κ2) is 5.92. The molecule has 6 nitrogen and oxygen atoms in total. The summed E-state index contributed by atoms with van der Waals surface area (Å²) < 4.78 is 42.6. The first-order valence-corrected chi connectivity index (χ1v) is 7.51. The highest BCUT2D eigenvalue weighted by Gasteiger charge is 2.38. The first-order chi connectivity index (χ1) is 12.1. The van der Waals surface area contributed by atoms with Crippen LogP contribution >= 0.6 is 11.8 Å². The molecule has 0 unspecified atom stereocenters. The van der Waals surface area contributed by atoms with Crippen molar-refractivity contribution in [2.75, 3.05) is 5.75 Å². The SMILES string of the molecule is [2H]c1c(O[C@H]2SC[C@@H](O)[C@H](O)[C@@]2([2H])O)c([2H])c2oc(=O)cc(C)c2c1[2H]. The Morgan fingerprint density at radius 2 is 2.23 bits per heavy atom. The molecule has 0 bridgehead atoms. The molecule has 1 fully saturated rings. The van der Waals surface area contributed by atoms with Gasteiger partial charge in [-0.05, 0) is 24.6 Å². The number of rotatable bonds is 2. The quantitative estimate of drug-likeness (QED) is 0.695. The maximum Gasteiger partial charge on any atom is 0.336 e. The van der Waals surface area contributed by atoms with Crippen molar-refractivity contribution in [1.29, 1.82) is 0 Å². The maximum atomic E-state index is 11.6. The molecule has 1 aliphatic heterocycles. The molecule has 1 aromatic heterocycles. The predicted molar refractivity (Wildman–Crippen MR) is 82.1 cm³/mol. The predicted octanol–water partition coefficient (Wildman–Crippen LogP) is 0.636. The van der Waals surface area contributed by atoms with Crippen LogP contribution in [0.2, 0.25) is 0 Å². The zero-order chi connectivity index (χ0) is 19.4. The van der Waals surface area contributed by atoms with Crippen LogP contribution in [0.5, 0.6) is 5.75 Å². The normalized spacial score (nSPS) is 34.6. The fraction of sp³-hybridized carbons (Fsp3) is 0.400. The van der Waals surface area contributed by atoms with Gasteiger partial charge >= 0.3 is 5.63 Å². The standard InChI is InChI=1S/C15H16O6S/c1-7-4-12(17)21-11-5-8(2-3-9(7)11)20-15-14(19)13(18)10(16)6-22-15/h2-5,10,13-16,18-19H,6H2,1H3/t10-,13+,14-,15+/m1/s1/i2D,3D,5D,14D. The Hall–Kier alpha value is -1.54. The van der Waals surface area contributed by atoms with Gasteiger partial charge in [-0.25, -0.2) is 4.79 Å². The molecular weight excluding hydrogens is 308 g/mol. The molecule has 3 N–H and O–H groups in total. The number of benzene rings is 1. The number of thioether (sulfide) groups is 1. The zero-order valence-electron chi connectivity index (χ0n) is 15.5. The van der Waals surface area contributed by atoms with E-state index in [-0.39, 0.29) is 22.8 Å². The van der Waals surface area contributed by atoms with Gasteiger partial charge in [0.15, 0.2) is 5.44 Å². The fourth-order valence-electron chi connectivity index (χ4n) is 2.07. The van der Waals surface area contributed by atoms with Gasteiger partial charge in [-0.2, -0.15) is 0 Å². The van der Waals surface area contributed by atoms with Gasteiger partial charge in [0.25, 0.3) is 0 Å². The molecule has 0 spiro atoms. The van der Waals surface area contributed by atoms with Crippen molar-refractivity contribution in [2.24, 2.45) is 0 Å². The van der Waals surface area contributed by atoms with E-state index >= 15 is 0 Å². The van der Waals surface area contributed by atoms with Crippen molar-refractivity contribution >= 4 is 22.7 Å². The summed E-state index contributed by atoms with van der Waals surface area (Å²) >= 11 is 0.822. The maximum absolute atomic E-state index is 11.6.